The van der Waals surface area contributed by atoms with Crippen LogP contribution in [-0.4, -0.2) is 16.0 Å². The Bertz CT molecular complexity index is 808. The Labute approximate surface area is 131 Å². The number of hydrogen-bond donors (Lipinski definition) is 1. The number of nitrogens with one attached hydrogen (secondary N) is 1. The molecule has 0 atom stereocenters. The minimum Gasteiger partial charge on any atom is -0.441 e. The van der Waals surface area contributed by atoms with Gasteiger partial charge in [-0.15, -0.1) is 0 Å². The molecule has 118 valence electrons. The number of nitrogens with zero attached hydrogens (tertiary/aromatic N) is 2. The minimum absolute atomic E-state index is 0.204. The lowest BCUT2D eigenvalue weighted by atomic mass is 10.2. The number of aromatic nitrogens is 2. The molecular formula is C16H14FN3O3. The Morgan fingerprint density at radius 1 is 1.30 bits per heavy atom. The van der Waals surface area contributed by atoms with Crippen molar-refractivity contribution in [1.82, 2.24) is 10.1 Å². The summed E-state index contributed by atoms with van der Waals surface area (Å²) >= 11 is 0. The lowest BCUT2D eigenvalue weighted by Gasteiger charge is -1.99. The Morgan fingerprint density at radius 3 is 2.78 bits per heavy atom. The van der Waals surface area contributed by atoms with E-state index in [1.807, 2.05) is 0 Å². The van der Waals surface area contributed by atoms with Crippen molar-refractivity contribution >= 4 is 11.7 Å². The second kappa shape index (κ2) is 6.43. The van der Waals surface area contributed by atoms with Crippen LogP contribution in [-0.2, 0) is 11.2 Å². The van der Waals surface area contributed by atoms with Gasteiger partial charge >= 0.3 is 0 Å². The number of carbonyl (C=O) groups excluding carboxylic acids is 1. The third-order valence-electron chi connectivity index (χ3n) is 3.14. The zero-order valence-corrected chi connectivity index (χ0v) is 12.4. The van der Waals surface area contributed by atoms with E-state index < -0.39 is 0 Å². The third-order valence-corrected chi connectivity index (χ3v) is 3.14. The van der Waals surface area contributed by atoms with E-state index in [4.69, 9.17) is 8.94 Å². The van der Waals surface area contributed by atoms with Crippen LogP contribution in [0.3, 0.4) is 0 Å². The summed E-state index contributed by atoms with van der Waals surface area (Å²) in [7, 11) is 0. The normalized spacial score (nSPS) is 10.7. The molecule has 0 saturated carbocycles. The van der Waals surface area contributed by atoms with E-state index in [-0.39, 0.29) is 18.1 Å². The smallest absolute Gasteiger partial charge is 0.226 e. The van der Waals surface area contributed by atoms with Gasteiger partial charge in [0.15, 0.2) is 17.5 Å². The zero-order valence-electron chi connectivity index (χ0n) is 12.4. The summed E-state index contributed by atoms with van der Waals surface area (Å²) < 4.78 is 23.3. The molecule has 3 rings (SSSR count). The monoisotopic (exact) mass is 315 g/mol. The van der Waals surface area contributed by atoms with Gasteiger partial charge in [0.25, 0.3) is 0 Å². The van der Waals surface area contributed by atoms with Crippen LogP contribution in [0.5, 0.6) is 0 Å². The summed E-state index contributed by atoms with van der Waals surface area (Å²) in [5, 5.41) is 6.31. The van der Waals surface area contributed by atoms with Gasteiger partial charge in [0.1, 0.15) is 11.6 Å². The van der Waals surface area contributed by atoms with Gasteiger partial charge in [-0.05, 0) is 31.2 Å². The molecule has 3 aromatic rings. The number of carbonyl (C=O) groups is 1. The molecule has 1 amide bonds. The molecular weight excluding hydrogens is 301 g/mol. The van der Waals surface area contributed by atoms with Crippen LogP contribution in [0.4, 0.5) is 10.2 Å². The number of anilines is 1. The summed E-state index contributed by atoms with van der Waals surface area (Å²) in [6.07, 6.45) is 2.11. The van der Waals surface area contributed by atoms with Crippen molar-refractivity contribution in [2.45, 2.75) is 19.8 Å². The summed E-state index contributed by atoms with van der Waals surface area (Å²) in [4.78, 5) is 15.9. The van der Waals surface area contributed by atoms with Crippen LogP contribution < -0.4 is 5.32 Å². The number of amides is 1. The second-order valence-electron chi connectivity index (χ2n) is 5.00. The van der Waals surface area contributed by atoms with Crippen LogP contribution in [0, 0.1) is 12.7 Å². The van der Waals surface area contributed by atoms with E-state index in [0.717, 1.165) is 5.56 Å². The summed E-state index contributed by atoms with van der Waals surface area (Å²) in [5.74, 6) is 1.46. The molecule has 23 heavy (non-hydrogen) atoms. The number of halogens is 1. The first-order chi connectivity index (χ1) is 11.1. The fourth-order valence-electron chi connectivity index (χ4n) is 2.02. The van der Waals surface area contributed by atoms with Gasteiger partial charge in [-0.3, -0.25) is 4.79 Å². The van der Waals surface area contributed by atoms with Crippen LogP contribution >= 0.6 is 0 Å². The first-order valence-electron chi connectivity index (χ1n) is 7.04. The van der Waals surface area contributed by atoms with Crippen LogP contribution in [0.25, 0.3) is 11.3 Å². The molecule has 0 radical (unpaired) electrons. The van der Waals surface area contributed by atoms with E-state index in [9.17, 15) is 9.18 Å². The average Bonchev–Trinajstić information content (AvgIpc) is 3.15. The van der Waals surface area contributed by atoms with Gasteiger partial charge in [-0.2, -0.15) is 0 Å². The Hall–Kier alpha value is -2.96. The first-order valence-corrected chi connectivity index (χ1v) is 7.04. The first kappa shape index (κ1) is 15.0. The maximum Gasteiger partial charge on any atom is 0.226 e. The van der Waals surface area contributed by atoms with Crippen LogP contribution in [0.1, 0.15) is 18.1 Å². The predicted octanol–water partition coefficient (Wildman–Crippen LogP) is 3.35. The van der Waals surface area contributed by atoms with Crippen LogP contribution in [0.2, 0.25) is 0 Å². The molecule has 0 aliphatic carbocycles. The van der Waals surface area contributed by atoms with Gasteiger partial charge < -0.3 is 14.3 Å². The molecule has 7 heteroatoms. The van der Waals surface area contributed by atoms with Gasteiger partial charge in [0, 0.05) is 24.5 Å². The van der Waals surface area contributed by atoms with Gasteiger partial charge in [-0.25, -0.2) is 9.37 Å². The molecule has 6 nitrogen and oxygen atoms in total. The third kappa shape index (κ3) is 3.82. The molecule has 1 aromatic carbocycles. The molecule has 0 spiro atoms. The molecule has 1 N–H and O–H groups in total. The zero-order chi connectivity index (χ0) is 16.2. The number of rotatable bonds is 5. The molecule has 0 fully saturated rings. The Morgan fingerprint density at radius 2 is 2.09 bits per heavy atom. The summed E-state index contributed by atoms with van der Waals surface area (Å²) in [6.45, 7) is 1.74. The molecule has 0 bridgehead atoms. The standard InChI is InChI=1S/C16H14FN3O3/c1-10-8-14(20-23-10)19-15(21)6-7-16-18-9-13(22-16)11-2-4-12(17)5-3-11/h2-5,8-9H,6-7H2,1H3,(H,19,20,21). The quantitative estimate of drug-likeness (QED) is 0.781. The highest BCUT2D eigenvalue weighted by molar-refractivity contribution is 5.89. The van der Waals surface area contributed by atoms with Crippen molar-refractivity contribution in [1.29, 1.82) is 0 Å². The molecule has 2 aromatic heterocycles. The predicted molar refractivity (Wildman–Crippen MR) is 80.1 cm³/mol. The topological polar surface area (TPSA) is 81.2 Å². The van der Waals surface area contributed by atoms with Crippen molar-refractivity contribution in [2.75, 3.05) is 5.32 Å². The number of aryl methyl sites for hydroxylation is 2. The number of benzene rings is 1. The Kier molecular flexibility index (Phi) is 4.18. The van der Waals surface area contributed by atoms with Crippen LogP contribution in [0.15, 0.2) is 45.5 Å². The lowest BCUT2D eigenvalue weighted by molar-refractivity contribution is -0.116. The van der Waals surface area contributed by atoms with Crippen molar-refractivity contribution in [3.05, 3.63) is 54.0 Å². The van der Waals surface area contributed by atoms with E-state index in [0.29, 0.717) is 29.6 Å². The summed E-state index contributed by atoms with van der Waals surface area (Å²) in [6, 6.07) is 7.56. The second-order valence-corrected chi connectivity index (χ2v) is 5.00. The largest absolute Gasteiger partial charge is 0.441 e. The molecule has 0 aliphatic rings. The molecule has 0 saturated heterocycles. The van der Waals surface area contributed by atoms with Crippen molar-refractivity contribution < 1.29 is 18.1 Å². The SMILES string of the molecule is Cc1cc(NC(=O)CCc2ncc(-c3ccc(F)cc3)o2)no1. The average molecular weight is 315 g/mol. The lowest BCUT2D eigenvalue weighted by Crippen LogP contribution is -2.12. The number of hydrogen-bond acceptors (Lipinski definition) is 5. The minimum atomic E-state index is -0.312. The van der Waals surface area contributed by atoms with Crippen molar-refractivity contribution in [3.8, 4) is 11.3 Å². The molecule has 2 heterocycles. The summed E-state index contributed by atoms with van der Waals surface area (Å²) in [5.41, 5.74) is 0.729. The maximum atomic E-state index is 12.9. The van der Waals surface area contributed by atoms with E-state index >= 15 is 0 Å². The van der Waals surface area contributed by atoms with Crippen molar-refractivity contribution in [3.63, 3.8) is 0 Å². The highest BCUT2D eigenvalue weighted by Gasteiger charge is 2.10. The maximum absolute atomic E-state index is 12.9. The van der Waals surface area contributed by atoms with Gasteiger partial charge in [-0.1, -0.05) is 5.16 Å². The highest BCUT2D eigenvalue weighted by Crippen LogP contribution is 2.21. The van der Waals surface area contributed by atoms with E-state index in [2.05, 4.69) is 15.5 Å². The fourth-order valence-corrected chi connectivity index (χ4v) is 2.02. The van der Waals surface area contributed by atoms with Crippen molar-refractivity contribution in [2.24, 2.45) is 0 Å². The van der Waals surface area contributed by atoms with Gasteiger partial charge in [0.2, 0.25) is 5.91 Å². The molecule has 0 unspecified atom stereocenters. The Balaban J connectivity index is 1.56. The molecule has 0 aliphatic heterocycles. The van der Waals surface area contributed by atoms with E-state index in [1.165, 1.54) is 12.1 Å². The van der Waals surface area contributed by atoms with Gasteiger partial charge in [0.05, 0.1) is 6.20 Å². The number of oxazole rings is 1. The highest BCUT2D eigenvalue weighted by atomic mass is 19.1. The van der Waals surface area contributed by atoms with E-state index in [1.54, 1.807) is 31.3 Å². The fraction of sp³-hybridized carbons (Fsp3) is 0.188.